The summed E-state index contributed by atoms with van der Waals surface area (Å²) >= 11 is 1.37. The van der Waals surface area contributed by atoms with Gasteiger partial charge in [-0.15, -0.1) is 35.3 Å². The quantitative estimate of drug-likeness (QED) is 0.151. The molecule has 0 amide bonds. The van der Waals surface area contributed by atoms with E-state index in [0.717, 1.165) is 43.1 Å². The molecule has 1 aromatic heterocycles. The van der Waals surface area contributed by atoms with E-state index in [2.05, 4.69) is 20.6 Å². The molecule has 0 bridgehead atoms. The first kappa shape index (κ1) is 25.1. The average Bonchev–Trinajstić information content (AvgIpc) is 3.37. The number of aliphatic imine (C=N–C) groups is 1. The van der Waals surface area contributed by atoms with Crippen LogP contribution in [0.25, 0.3) is 0 Å². The molecule has 28 heavy (non-hydrogen) atoms. The highest BCUT2D eigenvalue weighted by Gasteiger charge is 2.21. The summed E-state index contributed by atoms with van der Waals surface area (Å²) in [6.45, 7) is 11.2. The van der Waals surface area contributed by atoms with Crippen molar-refractivity contribution >= 4 is 47.2 Å². The summed E-state index contributed by atoms with van der Waals surface area (Å²) in [4.78, 5) is 21.7. The molecule has 0 spiro atoms. The Morgan fingerprint density at radius 3 is 2.79 bits per heavy atom. The lowest BCUT2D eigenvalue weighted by atomic mass is 10.3. The smallest absolute Gasteiger partial charge is 0.350 e. The zero-order valence-corrected chi connectivity index (χ0v) is 20.4. The maximum atomic E-state index is 12.0. The van der Waals surface area contributed by atoms with Crippen LogP contribution < -0.4 is 10.6 Å². The summed E-state index contributed by atoms with van der Waals surface area (Å²) in [5, 5.41) is 7.45. The Bertz CT molecular complexity index is 635. The van der Waals surface area contributed by atoms with Gasteiger partial charge in [0.15, 0.2) is 5.96 Å². The van der Waals surface area contributed by atoms with E-state index in [1.54, 1.807) is 6.92 Å². The predicted molar refractivity (Wildman–Crippen MR) is 124 cm³/mol. The number of esters is 1. The Hall–Kier alpha value is -0.940. The van der Waals surface area contributed by atoms with Crippen molar-refractivity contribution in [3.8, 4) is 0 Å². The van der Waals surface area contributed by atoms with Crippen molar-refractivity contribution in [2.75, 3.05) is 32.9 Å². The maximum absolute atomic E-state index is 12.0. The van der Waals surface area contributed by atoms with Crippen LogP contribution in [0.4, 0.5) is 0 Å². The summed E-state index contributed by atoms with van der Waals surface area (Å²) < 4.78 is 10.7. The van der Waals surface area contributed by atoms with Crippen LogP contribution >= 0.6 is 35.3 Å². The first-order valence-corrected chi connectivity index (χ1v) is 10.6. The van der Waals surface area contributed by atoms with Crippen molar-refractivity contribution in [2.45, 2.75) is 53.0 Å². The molecular weight excluding hydrogens is 491 g/mol. The minimum Gasteiger partial charge on any atom is -0.462 e. The summed E-state index contributed by atoms with van der Waals surface area (Å²) in [6.07, 6.45) is 3.54. The van der Waals surface area contributed by atoms with Gasteiger partial charge in [0.1, 0.15) is 9.88 Å². The molecule has 1 saturated carbocycles. The first-order chi connectivity index (χ1) is 13.0. The molecule has 0 aromatic carbocycles. The third-order valence-corrected chi connectivity index (χ3v) is 5.43. The molecule has 7 nitrogen and oxygen atoms in total. The SMILES string of the molecule is CCNC(=NCCCOCC1CC1)NC(C)c1nc(C)c(C(=O)OCC)s1.I. The number of hydrogen-bond donors (Lipinski definition) is 2. The molecule has 1 heterocycles. The van der Waals surface area contributed by atoms with Crippen LogP contribution in [0, 0.1) is 12.8 Å². The minimum atomic E-state index is -0.308. The van der Waals surface area contributed by atoms with E-state index < -0.39 is 0 Å². The van der Waals surface area contributed by atoms with Crippen LogP contribution in [0.3, 0.4) is 0 Å². The van der Waals surface area contributed by atoms with Gasteiger partial charge in [0.05, 0.1) is 18.3 Å². The number of nitrogens with zero attached hydrogens (tertiary/aromatic N) is 2. The summed E-state index contributed by atoms with van der Waals surface area (Å²) in [5.41, 5.74) is 0.705. The van der Waals surface area contributed by atoms with Gasteiger partial charge in [-0.05, 0) is 52.9 Å². The molecule has 1 atom stereocenters. The molecule has 2 rings (SSSR count). The third kappa shape index (κ3) is 8.60. The van der Waals surface area contributed by atoms with Gasteiger partial charge in [0.25, 0.3) is 0 Å². The van der Waals surface area contributed by atoms with Gasteiger partial charge in [-0.3, -0.25) is 4.99 Å². The zero-order chi connectivity index (χ0) is 19.6. The molecular formula is C19H33IN4O3S. The van der Waals surface area contributed by atoms with Crippen LogP contribution in [0.2, 0.25) is 0 Å². The molecule has 160 valence electrons. The van der Waals surface area contributed by atoms with Gasteiger partial charge in [-0.1, -0.05) is 0 Å². The monoisotopic (exact) mass is 524 g/mol. The van der Waals surface area contributed by atoms with Crippen molar-refractivity contribution in [3.05, 3.63) is 15.6 Å². The van der Waals surface area contributed by atoms with E-state index >= 15 is 0 Å². The number of rotatable bonds is 11. The van der Waals surface area contributed by atoms with Crippen LogP contribution in [0.1, 0.15) is 66.4 Å². The highest BCUT2D eigenvalue weighted by Crippen LogP contribution is 2.28. The van der Waals surface area contributed by atoms with E-state index in [0.29, 0.717) is 23.7 Å². The molecule has 2 N–H and O–H groups in total. The Kier molecular flexibility index (Phi) is 11.9. The minimum absolute atomic E-state index is 0. The molecule has 1 aliphatic carbocycles. The number of thiazole rings is 1. The van der Waals surface area contributed by atoms with Crippen molar-refractivity contribution in [2.24, 2.45) is 10.9 Å². The maximum Gasteiger partial charge on any atom is 0.350 e. The van der Waals surface area contributed by atoms with Crippen LogP contribution in [-0.2, 0) is 9.47 Å². The lowest BCUT2D eigenvalue weighted by molar-refractivity contribution is 0.0531. The normalized spacial score (nSPS) is 14.9. The number of carbonyl (C=O) groups is 1. The molecule has 9 heteroatoms. The average molecular weight is 524 g/mol. The second kappa shape index (κ2) is 13.3. The van der Waals surface area contributed by atoms with E-state index in [4.69, 9.17) is 9.47 Å². The number of halogens is 1. The van der Waals surface area contributed by atoms with Gasteiger partial charge < -0.3 is 20.1 Å². The number of hydrogen-bond acceptors (Lipinski definition) is 6. The summed E-state index contributed by atoms with van der Waals surface area (Å²) in [6, 6.07) is -0.0548. The molecule has 0 radical (unpaired) electrons. The zero-order valence-electron chi connectivity index (χ0n) is 17.2. The second-order valence-electron chi connectivity index (χ2n) is 6.69. The molecule has 1 fully saturated rings. The number of guanidine groups is 1. The van der Waals surface area contributed by atoms with Gasteiger partial charge in [0.2, 0.25) is 0 Å². The summed E-state index contributed by atoms with van der Waals surface area (Å²) in [5.74, 6) is 1.24. The van der Waals surface area contributed by atoms with Gasteiger partial charge >= 0.3 is 5.97 Å². The van der Waals surface area contributed by atoms with E-state index in [-0.39, 0.29) is 36.0 Å². The Morgan fingerprint density at radius 1 is 1.39 bits per heavy atom. The fourth-order valence-electron chi connectivity index (χ4n) is 2.47. The van der Waals surface area contributed by atoms with Gasteiger partial charge in [-0.2, -0.15) is 0 Å². The van der Waals surface area contributed by atoms with E-state index in [1.165, 1.54) is 24.2 Å². The van der Waals surface area contributed by atoms with Gasteiger partial charge in [0, 0.05) is 26.3 Å². The van der Waals surface area contributed by atoms with Gasteiger partial charge in [-0.25, -0.2) is 9.78 Å². The predicted octanol–water partition coefficient (Wildman–Crippen LogP) is 3.68. The number of aryl methyl sites for hydroxylation is 1. The molecule has 1 aromatic rings. The fourth-order valence-corrected chi connectivity index (χ4v) is 3.43. The van der Waals surface area contributed by atoms with Crippen molar-refractivity contribution in [3.63, 3.8) is 0 Å². The van der Waals surface area contributed by atoms with Crippen molar-refractivity contribution in [1.82, 2.24) is 15.6 Å². The molecule has 0 saturated heterocycles. The number of nitrogens with one attached hydrogen (secondary N) is 2. The number of ether oxygens (including phenoxy) is 2. The van der Waals surface area contributed by atoms with Crippen LogP contribution in [0.15, 0.2) is 4.99 Å². The number of carbonyl (C=O) groups excluding carboxylic acids is 1. The van der Waals surface area contributed by atoms with E-state index in [9.17, 15) is 4.79 Å². The molecule has 1 unspecified atom stereocenters. The third-order valence-electron chi connectivity index (χ3n) is 4.11. The highest BCUT2D eigenvalue weighted by atomic mass is 127. The standard InChI is InChI=1S/C19H32N4O3S.HI/c1-5-20-19(21-10-7-11-25-12-15-8-9-15)23-14(4)17-22-13(3)16(27-17)18(24)26-6-2;/h14-15H,5-12H2,1-4H3,(H2,20,21,23);1H. The van der Waals surface area contributed by atoms with Crippen molar-refractivity contribution < 1.29 is 14.3 Å². The van der Waals surface area contributed by atoms with Crippen LogP contribution in [-0.4, -0.2) is 49.8 Å². The Morgan fingerprint density at radius 2 is 2.14 bits per heavy atom. The number of aromatic nitrogens is 1. The highest BCUT2D eigenvalue weighted by molar-refractivity contribution is 14.0. The van der Waals surface area contributed by atoms with Crippen LogP contribution in [0.5, 0.6) is 0 Å². The molecule has 1 aliphatic rings. The lowest BCUT2D eigenvalue weighted by Gasteiger charge is -2.16. The Balaban J connectivity index is 0.00000392. The summed E-state index contributed by atoms with van der Waals surface area (Å²) in [7, 11) is 0. The molecule has 0 aliphatic heterocycles. The first-order valence-electron chi connectivity index (χ1n) is 9.82. The largest absolute Gasteiger partial charge is 0.462 e. The Labute approximate surface area is 189 Å². The second-order valence-corrected chi connectivity index (χ2v) is 7.72. The topological polar surface area (TPSA) is 84.8 Å². The lowest BCUT2D eigenvalue weighted by Crippen LogP contribution is -2.38. The van der Waals surface area contributed by atoms with E-state index in [1.807, 2.05) is 20.8 Å². The fraction of sp³-hybridized carbons (Fsp3) is 0.737. The van der Waals surface area contributed by atoms with Crippen molar-refractivity contribution in [1.29, 1.82) is 0 Å².